The first kappa shape index (κ1) is 19.6. The number of hydrogen-bond acceptors (Lipinski definition) is 7. The Bertz CT molecular complexity index is 1110. The van der Waals surface area contributed by atoms with Crippen LogP contribution in [0.4, 0.5) is 5.95 Å². The fraction of sp³-hybridized carbons (Fsp3) is 0.542. The Balaban J connectivity index is 1.28. The topological polar surface area (TPSA) is 112 Å². The van der Waals surface area contributed by atoms with E-state index < -0.39 is 0 Å². The summed E-state index contributed by atoms with van der Waals surface area (Å²) in [5, 5.41) is 9.95. The third-order valence-corrected chi connectivity index (χ3v) is 7.54. The van der Waals surface area contributed by atoms with Gasteiger partial charge in [0, 0.05) is 49.6 Å². The highest BCUT2D eigenvalue weighted by Crippen LogP contribution is 2.53. The molecule has 2 aromatic rings. The van der Waals surface area contributed by atoms with Crippen LogP contribution >= 0.6 is 0 Å². The summed E-state index contributed by atoms with van der Waals surface area (Å²) in [5.41, 5.74) is 8.44. The Hall–Kier alpha value is -3.05. The van der Waals surface area contributed by atoms with Gasteiger partial charge in [-0.3, -0.25) is 14.7 Å². The zero-order valence-corrected chi connectivity index (χ0v) is 18.1. The first-order valence-corrected chi connectivity index (χ1v) is 11.6. The predicted molar refractivity (Wildman–Crippen MR) is 118 cm³/mol. The van der Waals surface area contributed by atoms with Gasteiger partial charge in [-0.1, -0.05) is 0 Å². The molecule has 2 aromatic heterocycles. The smallest absolute Gasteiger partial charge is 0.226 e. The zero-order chi connectivity index (χ0) is 21.9. The second kappa shape index (κ2) is 7.24. The Labute approximate surface area is 187 Å². The highest BCUT2D eigenvalue weighted by Gasteiger charge is 2.55. The molecule has 0 spiro atoms. The van der Waals surface area contributed by atoms with Gasteiger partial charge in [0.25, 0.3) is 0 Å². The Kier molecular flexibility index (Phi) is 4.44. The minimum absolute atomic E-state index is 0.184. The molecule has 4 aliphatic rings. The molecule has 2 N–H and O–H groups in total. The van der Waals surface area contributed by atoms with Crippen molar-refractivity contribution in [3.63, 3.8) is 0 Å². The van der Waals surface area contributed by atoms with Gasteiger partial charge in [0.15, 0.2) is 0 Å². The van der Waals surface area contributed by atoms with Crippen LogP contribution in [0.2, 0.25) is 0 Å². The number of hydrogen-bond donors (Lipinski definition) is 1. The van der Waals surface area contributed by atoms with Gasteiger partial charge in [-0.2, -0.15) is 5.26 Å². The van der Waals surface area contributed by atoms with Crippen molar-refractivity contribution >= 4 is 11.9 Å². The van der Waals surface area contributed by atoms with Crippen molar-refractivity contribution in [2.45, 2.75) is 50.1 Å². The molecular formula is C24H27N7O. The molecular weight excluding hydrogens is 402 g/mol. The number of piperazine rings is 1. The standard InChI is InChI=1S/C24H27N7O/c25-12-17-11-18(19-5-8-27-23(26)29-19)13-28-21(17)24(6-7-24)30-9-10-31(22(32)16-3-4-16)20(14-30)15-1-2-15/h5,8,11,13,15-16,20H,1-4,6-7,9-10,14H2,(H2,26,27,29)/t20-/m0/s1. The van der Waals surface area contributed by atoms with Crippen molar-refractivity contribution in [2.75, 3.05) is 25.4 Å². The number of pyridine rings is 1. The molecule has 3 aliphatic carbocycles. The van der Waals surface area contributed by atoms with Crippen molar-refractivity contribution < 1.29 is 4.79 Å². The molecule has 8 heteroatoms. The van der Waals surface area contributed by atoms with Crippen LogP contribution in [0.25, 0.3) is 11.3 Å². The Morgan fingerprint density at radius 2 is 2.00 bits per heavy atom. The largest absolute Gasteiger partial charge is 0.368 e. The maximum absolute atomic E-state index is 12.9. The SMILES string of the molecule is N#Cc1cc(-c2ccnc(N)n2)cnc1C1(N2CCN(C(=O)C3CC3)[C@H](C3CC3)C2)CC1. The lowest BCUT2D eigenvalue weighted by atomic mass is 9.98. The lowest BCUT2D eigenvalue weighted by Gasteiger charge is -2.45. The van der Waals surface area contributed by atoms with E-state index in [0.29, 0.717) is 29.1 Å². The van der Waals surface area contributed by atoms with Crippen molar-refractivity contribution in [1.82, 2.24) is 24.8 Å². The van der Waals surface area contributed by atoms with Gasteiger partial charge in [-0.15, -0.1) is 0 Å². The van der Waals surface area contributed by atoms with Crippen molar-refractivity contribution in [3.05, 3.63) is 35.8 Å². The number of amides is 1. The highest BCUT2D eigenvalue weighted by molar-refractivity contribution is 5.81. The van der Waals surface area contributed by atoms with E-state index in [1.165, 1.54) is 12.8 Å². The molecule has 1 saturated heterocycles. The number of nitrogen functional groups attached to an aromatic ring is 1. The molecule has 3 saturated carbocycles. The number of nitrogens with zero attached hydrogens (tertiary/aromatic N) is 6. The van der Waals surface area contributed by atoms with Crippen LogP contribution in [0.5, 0.6) is 0 Å². The second-order valence-electron chi connectivity index (χ2n) is 9.72. The molecule has 8 nitrogen and oxygen atoms in total. The third-order valence-electron chi connectivity index (χ3n) is 7.54. The average Bonchev–Trinajstić information content (AvgIpc) is 3.68. The Morgan fingerprint density at radius 3 is 2.66 bits per heavy atom. The van der Waals surface area contributed by atoms with E-state index in [-0.39, 0.29) is 17.4 Å². The van der Waals surface area contributed by atoms with Crippen LogP contribution in [0.3, 0.4) is 0 Å². The first-order valence-electron chi connectivity index (χ1n) is 11.6. The van der Waals surface area contributed by atoms with Crippen LogP contribution in [0.15, 0.2) is 24.5 Å². The number of nitriles is 1. The monoisotopic (exact) mass is 429 g/mol. The van der Waals surface area contributed by atoms with E-state index in [9.17, 15) is 10.1 Å². The predicted octanol–water partition coefficient (Wildman–Crippen LogP) is 2.31. The average molecular weight is 430 g/mol. The first-order chi connectivity index (χ1) is 15.6. The number of rotatable bonds is 5. The van der Waals surface area contributed by atoms with E-state index in [2.05, 4.69) is 25.8 Å². The van der Waals surface area contributed by atoms with Crippen molar-refractivity contribution in [1.29, 1.82) is 5.26 Å². The van der Waals surface area contributed by atoms with E-state index in [1.807, 2.05) is 6.07 Å². The highest BCUT2D eigenvalue weighted by atomic mass is 16.2. The maximum Gasteiger partial charge on any atom is 0.226 e. The normalized spacial score (nSPS) is 24.7. The second-order valence-corrected chi connectivity index (χ2v) is 9.72. The lowest BCUT2D eigenvalue weighted by Crippen LogP contribution is -2.59. The molecule has 6 rings (SSSR count). The van der Waals surface area contributed by atoms with Gasteiger partial charge in [-0.05, 0) is 56.6 Å². The van der Waals surface area contributed by atoms with Crippen LogP contribution in [-0.2, 0) is 10.3 Å². The number of carbonyl (C=O) groups is 1. The lowest BCUT2D eigenvalue weighted by molar-refractivity contribution is -0.139. The molecule has 4 fully saturated rings. The number of carbonyl (C=O) groups excluding carboxylic acids is 1. The third kappa shape index (κ3) is 3.32. The fourth-order valence-electron chi connectivity index (χ4n) is 5.34. The summed E-state index contributed by atoms with van der Waals surface area (Å²) >= 11 is 0. The fourth-order valence-corrected chi connectivity index (χ4v) is 5.34. The maximum atomic E-state index is 12.9. The minimum atomic E-state index is -0.184. The summed E-state index contributed by atoms with van der Waals surface area (Å²) in [7, 11) is 0. The van der Waals surface area contributed by atoms with Gasteiger partial charge in [0.05, 0.1) is 22.5 Å². The molecule has 32 heavy (non-hydrogen) atoms. The number of anilines is 1. The molecule has 0 radical (unpaired) electrons. The van der Waals surface area contributed by atoms with Crippen LogP contribution in [0.1, 0.15) is 49.8 Å². The Morgan fingerprint density at radius 1 is 1.19 bits per heavy atom. The summed E-state index contributed by atoms with van der Waals surface area (Å²) in [5.74, 6) is 1.47. The summed E-state index contributed by atoms with van der Waals surface area (Å²) < 4.78 is 0. The van der Waals surface area contributed by atoms with Gasteiger partial charge >= 0.3 is 0 Å². The van der Waals surface area contributed by atoms with Crippen LogP contribution < -0.4 is 5.73 Å². The quantitative estimate of drug-likeness (QED) is 0.776. The van der Waals surface area contributed by atoms with Crippen molar-refractivity contribution in [2.24, 2.45) is 11.8 Å². The molecule has 1 amide bonds. The van der Waals surface area contributed by atoms with Gasteiger partial charge in [0.1, 0.15) is 6.07 Å². The summed E-state index contributed by atoms with van der Waals surface area (Å²) in [6.45, 7) is 2.52. The van der Waals surface area contributed by atoms with Gasteiger partial charge in [-0.25, -0.2) is 9.97 Å². The van der Waals surface area contributed by atoms with Crippen molar-refractivity contribution in [3.8, 4) is 17.3 Å². The van der Waals surface area contributed by atoms with E-state index in [1.54, 1.807) is 18.5 Å². The van der Waals surface area contributed by atoms with Gasteiger partial charge in [0.2, 0.25) is 11.9 Å². The molecule has 164 valence electrons. The molecule has 1 aliphatic heterocycles. The zero-order valence-electron chi connectivity index (χ0n) is 18.1. The molecule has 0 unspecified atom stereocenters. The summed E-state index contributed by atoms with van der Waals surface area (Å²) in [6, 6.07) is 6.33. The minimum Gasteiger partial charge on any atom is -0.368 e. The van der Waals surface area contributed by atoms with Gasteiger partial charge < -0.3 is 10.6 Å². The van der Waals surface area contributed by atoms with E-state index >= 15 is 0 Å². The summed E-state index contributed by atoms with van der Waals surface area (Å²) in [4.78, 5) is 30.6. The van der Waals surface area contributed by atoms with E-state index in [0.717, 1.165) is 56.6 Å². The number of nitrogens with two attached hydrogens (primary N) is 1. The molecule has 3 heterocycles. The molecule has 0 bridgehead atoms. The van der Waals surface area contributed by atoms with Crippen LogP contribution in [0, 0.1) is 23.2 Å². The van der Waals surface area contributed by atoms with Crippen LogP contribution in [-0.4, -0.2) is 56.3 Å². The molecule has 1 atom stereocenters. The summed E-state index contributed by atoms with van der Waals surface area (Å²) in [6.07, 6.45) is 9.96. The van der Waals surface area contributed by atoms with E-state index in [4.69, 9.17) is 10.7 Å². The number of aromatic nitrogens is 3. The molecule has 0 aromatic carbocycles.